The van der Waals surface area contributed by atoms with Gasteiger partial charge < -0.3 is 14.8 Å². The van der Waals surface area contributed by atoms with Crippen molar-refractivity contribution in [3.63, 3.8) is 0 Å². The highest BCUT2D eigenvalue weighted by Crippen LogP contribution is 2.31. The number of hydrogen-bond donors (Lipinski definition) is 3. The molecule has 27 heavy (non-hydrogen) atoms. The number of thioether (sulfide) groups is 1. The summed E-state index contributed by atoms with van der Waals surface area (Å²) >= 11 is 1.65. The summed E-state index contributed by atoms with van der Waals surface area (Å²) in [7, 11) is 2.36. The molecule has 9 nitrogen and oxygen atoms in total. The maximum Gasteiger partial charge on any atom is 0.413 e. The Balaban J connectivity index is 3.25. The Hall–Kier alpha value is -2.75. The van der Waals surface area contributed by atoms with Gasteiger partial charge in [-0.3, -0.25) is 15.4 Å². The molecule has 0 aliphatic rings. The molecule has 0 saturated heterocycles. The minimum Gasteiger partial charge on any atom is -0.453 e. The van der Waals surface area contributed by atoms with Crippen molar-refractivity contribution in [2.24, 2.45) is 4.99 Å². The molecule has 10 heteroatoms. The molecule has 0 atom stereocenters. The monoisotopic (exact) mass is 396 g/mol. The largest absolute Gasteiger partial charge is 0.453 e. The van der Waals surface area contributed by atoms with Gasteiger partial charge in [0.15, 0.2) is 0 Å². The Labute approximate surface area is 162 Å². The summed E-state index contributed by atoms with van der Waals surface area (Å²) in [4.78, 5) is 40.0. The number of anilines is 1. The van der Waals surface area contributed by atoms with E-state index >= 15 is 0 Å². The number of ether oxygens (including phenoxy) is 2. The molecule has 0 fully saturated rings. The quantitative estimate of drug-likeness (QED) is 0.386. The van der Waals surface area contributed by atoms with E-state index in [2.05, 4.69) is 37.3 Å². The molecule has 0 saturated carbocycles. The molecular formula is C17H24N4O5S. The van der Waals surface area contributed by atoms with Crippen LogP contribution in [-0.4, -0.2) is 44.0 Å². The lowest BCUT2D eigenvalue weighted by Crippen LogP contribution is -2.43. The fourth-order valence-electron chi connectivity index (χ4n) is 1.76. The highest BCUT2D eigenvalue weighted by molar-refractivity contribution is 7.99. The summed E-state index contributed by atoms with van der Waals surface area (Å²) in [5, 5.41) is 7.34. The Morgan fingerprint density at radius 3 is 2.22 bits per heavy atom. The lowest BCUT2D eigenvalue weighted by molar-refractivity contribution is -0.115. The topological polar surface area (TPSA) is 118 Å². The van der Waals surface area contributed by atoms with Crippen LogP contribution in [0.5, 0.6) is 0 Å². The second-order valence-corrected chi connectivity index (χ2v) is 6.29. The van der Waals surface area contributed by atoms with Crippen molar-refractivity contribution in [1.82, 2.24) is 10.6 Å². The van der Waals surface area contributed by atoms with Crippen LogP contribution >= 0.6 is 11.8 Å². The highest BCUT2D eigenvalue weighted by atomic mass is 32.2. The molecule has 0 spiro atoms. The second kappa shape index (κ2) is 11.8. The van der Waals surface area contributed by atoms with Crippen molar-refractivity contribution < 1.29 is 23.9 Å². The van der Waals surface area contributed by atoms with Crippen molar-refractivity contribution in [3.05, 3.63) is 18.2 Å². The first kappa shape index (κ1) is 22.3. The molecule has 0 aromatic heterocycles. The molecule has 0 unspecified atom stereocenters. The van der Waals surface area contributed by atoms with Crippen molar-refractivity contribution >= 4 is 47.2 Å². The lowest BCUT2D eigenvalue weighted by Gasteiger charge is -2.12. The SMILES string of the molecule is CCCSc1ccc(N=C(NC(=O)OC)NC(=O)OC)c(NC(=O)CC)c1. The smallest absolute Gasteiger partial charge is 0.413 e. The summed E-state index contributed by atoms with van der Waals surface area (Å²) < 4.78 is 9.03. The Bertz CT molecular complexity index is 689. The number of methoxy groups -OCH3 is 2. The molecule has 0 heterocycles. The van der Waals surface area contributed by atoms with Crippen molar-refractivity contribution in [2.45, 2.75) is 31.6 Å². The predicted octanol–water partition coefficient (Wildman–Crippen LogP) is 3.24. The average molecular weight is 396 g/mol. The molecule has 1 rings (SSSR count). The number of nitrogens with zero attached hydrogens (tertiary/aromatic N) is 1. The van der Waals surface area contributed by atoms with Crippen LogP contribution in [0.4, 0.5) is 21.0 Å². The van der Waals surface area contributed by atoms with Crippen LogP contribution in [0.1, 0.15) is 26.7 Å². The van der Waals surface area contributed by atoms with Crippen LogP contribution in [-0.2, 0) is 14.3 Å². The molecule has 0 aliphatic carbocycles. The number of aliphatic imine (C=N–C) groups is 1. The number of benzene rings is 1. The van der Waals surface area contributed by atoms with E-state index in [0.717, 1.165) is 17.1 Å². The lowest BCUT2D eigenvalue weighted by atomic mass is 10.2. The number of guanidine groups is 1. The van der Waals surface area contributed by atoms with E-state index < -0.39 is 12.2 Å². The zero-order valence-electron chi connectivity index (χ0n) is 15.8. The Morgan fingerprint density at radius 2 is 1.70 bits per heavy atom. The van der Waals surface area contributed by atoms with E-state index in [1.54, 1.807) is 30.8 Å². The molecular weight excluding hydrogens is 372 g/mol. The van der Waals surface area contributed by atoms with Crippen LogP contribution in [0.3, 0.4) is 0 Å². The third kappa shape index (κ3) is 7.99. The molecule has 3 N–H and O–H groups in total. The van der Waals surface area contributed by atoms with Crippen LogP contribution in [0.2, 0.25) is 0 Å². The minimum absolute atomic E-state index is 0.188. The van der Waals surface area contributed by atoms with E-state index in [0.29, 0.717) is 17.8 Å². The molecule has 3 amide bonds. The van der Waals surface area contributed by atoms with Gasteiger partial charge in [0, 0.05) is 11.3 Å². The van der Waals surface area contributed by atoms with Crippen LogP contribution in [0.15, 0.2) is 28.1 Å². The van der Waals surface area contributed by atoms with Gasteiger partial charge in [0.2, 0.25) is 11.9 Å². The van der Waals surface area contributed by atoms with Crippen molar-refractivity contribution in [1.29, 1.82) is 0 Å². The number of hydrogen-bond acceptors (Lipinski definition) is 7. The number of carbonyl (C=O) groups excluding carboxylic acids is 3. The van der Waals surface area contributed by atoms with E-state index in [9.17, 15) is 14.4 Å². The number of nitrogens with one attached hydrogen (secondary N) is 3. The summed E-state index contributed by atoms with van der Waals surface area (Å²) in [6.45, 7) is 3.81. The second-order valence-electron chi connectivity index (χ2n) is 5.12. The van der Waals surface area contributed by atoms with Gasteiger partial charge >= 0.3 is 12.2 Å². The summed E-state index contributed by atoms with van der Waals surface area (Å²) in [6.07, 6.45) is -0.334. The zero-order chi connectivity index (χ0) is 20.2. The molecule has 1 aromatic carbocycles. The first-order valence-corrected chi connectivity index (χ1v) is 9.27. The number of amides is 3. The fourth-order valence-corrected chi connectivity index (χ4v) is 2.57. The van der Waals surface area contributed by atoms with Gasteiger partial charge in [0.1, 0.15) is 0 Å². The fraction of sp³-hybridized carbons (Fsp3) is 0.412. The van der Waals surface area contributed by atoms with Crippen LogP contribution in [0.25, 0.3) is 0 Å². The third-order valence-corrected chi connectivity index (χ3v) is 4.28. The maximum atomic E-state index is 11.8. The van der Waals surface area contributed by atoms with Crippen LogP contribution < -0.4 is 16.0 Å². The van der Waals surface area contributed by atoms with E-state index in [1.165, 1.54) is 14.2 Å². The van der Waals surface area contributed by atoms with Gasteiger partial charge in [-0.25, -0.2) is 14.6 Å². The first-order chi connectivity index (χ1) is 12.9. The third-order valence-electron chi connectivity index (χ3n) is 3.08. The Kier molecular flexibility index (Phi) is 9.73. The van der Waals surface area contributed by atoms with Gasteiger partial charge in [0.25, 0.3) is 0 Å². The van der Waals surface area contributed by atoms with Gasteiger partial charge in [-0.2, -0.15) is 0 Å². The van der Waals surface area contributed by atoms with E-state index in [1.807, 2.05) is 6.07 Å². The maximum absolute atomic E-state index is 11.8. The number of rotatable bonds is 6. The van der Waals surface area contributed by atoms with Gasteiger partial charge in [-0.1, -0.05) is 13.8 Å². The van der Waals surface area contributed by atoms with E-state index in [4.69, 9.17) is 0 Å². The van der Waals surface area contributed by atoms with Gasteiger partial charge in [0.05, 0.1) is 25.6 Å². The van der Waals surface area contributed by atoms with Crippen molar-refractivity contribution in [3.8, 4) is 0 Å². The molecule has 0 radical (unpaired) electrons. The zero-order valence-corrected chi connectivity index (χ0v) is 16.6. The van der Waals surface area contributed by atoms with Gasteiger partial charge in [-0.05, 0) is 30.4 Å². The molecule has 148 valence electrons. The Morgan fingerprint density at radius 1 is 1.07 bits per heavy atom. The van der Waals surface area contributed by atoms with Gasteiger partial charge in [-0.15, -0.1) is 11.8 Å². The summed E-state index contributed by atoms with van der Waals surface area (Å²) in [6, 6.07) is 5.32. The highest BCUT2D eigenvalue weighted by Gasteiger charge is 2.13. The average Bonchev–Trinajstić information content (AvgIpc) is 2.67. The molecule has 0 bridgehead atoms. The predicted molar refractivity (Wildman–Crippen MR) is 105 cm³/mol. The molecule has 1 aromatic rings. The van der Waals surface area contributed by atoms with E-state index in [-0.39, 0.29) is 11.9 Å². The number of carbonyl (C=O) groups is 3. The normalized spacial score (nSPS) is 9.78. The summed E-state index contributed by atoms with van der Waals surface area (Å²) in [5.41, 5.74) is 0.805. The first-order valence-electron chi connectivity index (χ1n) is 8.28. The standard InChI is InChI=1S/C17H24N4O5S/c1-5-9-27-11-7-8-12(13(10-11)18-14(22)6-2)19-15(20-16(23)25-3)21-17(24)26-4/h7-8,10H,5-6,9H2,1-4H3,(H,18,22)(H2,19,20,21,23,24). The molecule has 0 aliphatic heterocycles. The number of alkyl carbamates (subject to hydrolysis) is 2. The minimum atomic E-state index is -0.820. The van der Waals surface area contributed by atoms with Crippen molar-refractivity contribution in [2.75, 3.05) is 25.3 Å². The van der Waals surface area contributed by atoms with Crippen LogP contribution in [0, 0.1) is 0 Å². The summed E-state index contributed by atoms with van der Waals surface area (Å²) in [5.74, 6) is 0.546.